The Hall–Kier alpha value is -3.83. The van der Waals surface area contributed by atoms with Gasteiger partial charge in [-0.2, -0.15) is 7.11 Å². The largest absolute Gasteiger partial charge is 1.00 e. The average Bonchev–Trinajstić information content (AvgIpc) is 3.39. The number of benzene rings is 8. The fourth-order valence-corrected chi connectivity index (χ4v) is 11.6. The van der Waals surface area contributed by atoms with Crippen LogP contribution in [0, 0.1) is 23.8 Å². The molecule has 1 nitrogen and oxygen atoms in total. The predicted octanol–water partition coefficient (Wildman–Crippen LogP) is 9.11. The van der Waals surface area contributed by atoms with Crippen molar-refractivity contribution in [3.8, 4) is 17.4 Å². The molecular formula is C60H57Au2ClNaOP2Si+. The summed E-state index contributed by atoms with van der Waals surface area (Å²) in [5.74, 6) is 5.51. The van der Waals surface area contributed by atoms with Crippen LogP contribution in [0.5, 0.6) is 0 Å². The Morgan fingerprint density at radius 3 is 1.00 bits per heavy atom. The minimum absolute atomic E-state index is 0. The van der Waals surface area contributed by atoms with Crippen LogP contribution in [-0.2, 0) is 42.4 Å². The second kappa shape index (κ2) is 37.1. The van der Waals surface area contributed by atoms with Gasteiger partial charge in [-0.25, -0.2) is 0 Å². The molecule has 0 N–H and O–H groups in total. The molecule has 0 heterocycles. The molecule has 8 aromatic rings. The Morgan fingerprint density at radius 1 is 0.485 bits per heavy atom. The van der Waals surface area contributed by atoms with Crippen molar-refractivity contribution in [3.63, 3.8) is 0 Å². The third-order valence-corrected chi connectivity index (χ3v) is 15.3. The molecular weight excluding hydrogens is 1280 g/mol. The van der Waals surface area contributed by atoms with Gasteiger partial charge in [-0.1, -0.05) is 221 Å². The van der Waals surface area contributed by atoms with E-state index in [4.69, 9.17) is 11.5 Å². The molecule has 68 heavy (non-hydrogen) atoms. The minimum Gasteiger partial charge on any atom is -0.0622 e. The van der Waals surface area contributed by atoms with Crippen LogP contribution in [0.2, 0.25) is 19.6 Å². The molecule has 0 fully saturated rings. The number of hydrogen-bond donors (Lipinski definition) is 0. The van der Waals surface area contributed by atoms with Crippen LogP contribution in [0.15, 0.2) is 244 Å². The summed E-state index contributed by atoms with van der Waals surface area (Å²) in [5, 5.41) is 16.7. The third-order valence-electron chi connectivity index (χ3n) is 9.25. The van der Waals surface area contributed by atoms with Gasteiger partial charge in [0.15, 0.2) is 0 Å². The number of rotatable bonds is 8. The van der Waals surface area contributed by atoms with E-state index in [0.717, 1.165) is 29.4 Å². The van der Waals surface area contributed by atoms with Gasteiger partial charge in [-0.3, -0.25) is 5.92 Å². The number of hydrogen-bond acceptors (Lipinski definition) is 1. The van der Waals surface area contributed by atoms with Crippen LogP contribution < -0.4 is 66.5 Å². The molecule has 0 amide bonds. The minimum atomic E-state index is -1.24. The Bertz CT molecular complexity index is 2330. The van der Waals surface area contributed by atoms with Gasteiger partial charge in [0.1, 0.15) is 24.0 Å². The molecule has 0 aliphatic carbocycles. The maximum atomic E-state index is 8.25. The topological polar surface area (TPSA) is 23.1 Å². The average molecular weight is 1340 g/mol. The van der Waals surface area contributed by atoms with Gasteiger partial charge in [0.25, 0.3) is 0 Å². The van der Waals surface area contributed by atoms with E-state index in [9.17, 15) is 0 Å². The van der Waals surface area contributed by atoms with Crippen LogP contribution in [-0.4, -0.2) is 15.2 Å². The molecule has 0 radical (unpaired) electrons. The molecule has 0 aliphatic rings. The van der Waals surface area contributed by atoms with E-state index in [2.05, 4.69) is 241 Å². The Balaban J connectivity index is 0.000000449. The first-order chi connectivity index (χ1) is 32.3. The normalized spacial score (nSPS) is 9.43. The van der Waals surface area contributed by atoms with E-state index in [1.54, 1.807) is 26.1 Å². The zero-order valence-corrected chi connectivity index (χ0v) is 49.3. The van der Waals surface area contributed by atoms with E-state index in [1.165, 1.54) is 31.8 Å². The quantitative estimate of drug-likeness (QED) is 0.0645. The fourth-order valence-electron chi connectivity index (χ4n) is 6.16. The first kappa shape index (κ1) is 62.2. The van der Waals surface area contributed by atoms with Crippen LogP contribution in [0.3, 0.4) is 0 Å². The molecule has 0 bridgehead atoms. The maximum Gasteiger partial charge on any atom is 1.00 e. The Labute approximate surface area is 465 Å². The summed E-state index contributed by atoms with van der Waals surface area (Å²) in [6.45, 7) is 14.1. The molecule has 0 saturated carbocycles. The van der Waals surface area contributed by atoms with E-state index in [0.29, 0.717) is 0 Å². The van der Waals surface area contributed by atoms with E-state index >= 15 is 0 Å². The van der Waals surface area contributed by atoms with E-state index < -0.39 is 23.9 Å². The maximum absolute atomic E-state index is 8.25. The molecule has 0 saturated heterocycles. The summed E-state index contributed by atoms with van der Waals surface area (Å²) >= 11 is 1.75. The van der Waals surface area contributed by atoms with Crippen LogP contribution >= 0.6 is 25.0 Å². The van der Waals surface area contributed by atoms with Gasteiger partial charge >= 0.3 is 81.1 Å². The molecule has 0 spiro atoms. The number of halogens is 1. The molecule has 0 aromatic heterocycles. The molecule has 0 aliphatic heterocycles. The van der Waals surface area contributed by atoms with E-state index in [-0.39, 0.29) is 51.9 Å². The first-order valence-electron chi connectivity index (χ1n) is 21.2. The van der Waals surface area contributed by atoms with Crippen LogP contribution in [0.25, 0.3) is 12.2 Å². The second-order valence-corrected chi connectivity index (χ2v) is 24.5. The fraction of sp³-hybridized carbons (Fsp3) is 0.0667. The Morgan fingerprint density at radius 2 is 0.750 bits per heavy atom. The zero-order chi connectivity index (χ0) is 47.8. The van der Waals surface area contributed by atoms with Crippen LogP contribution in [0.1, 0.15) is 22.3 Å². The molecule has 8 rings (SSSR count). The van der Waals surface area contributed by atoms with Crippen molar-refractivity contribution in [1.29, 1.82) is 0 Å². The summed E-state index contributed by atoms with van der Waals surface area (Å²) in [6.07, 6.45) is 10.4. The summed E-state index contributed by atoms with van der Waals surface area (Å²) in [7, 11) is 2.77. The predicted molar refractivity (Wildman–Crippen MR) is 293 cm³/mol. The molecule has 8 heteroatoms. The monoisotopic (exact) mass is 1340 g/mol. The van der Waals surface area contributed by atoms with Crippen molar-refractivity contribution in [2.24, 2.45) is 0 Å². The zero-order valence-electron chi connectivity index (χ0n) is 39.3. The molecule has 0 atom stereocenters. The van der Waals surface area contributed by atoms with Gasteiger partial charge in [0.05, 0.1) is 7.92 Å². The smallest absolute Gasteiger partial charge is 0.0622 e. The SMILES string of the molecule is C=Cc1ccc(C#C[Si](C)(C)C)cc1.C[O-].[Au+].[C-]#Cc1ccc(C=C)cc1.[Cl][Au].[Na+].c1ccc(P(c2ccccc2)c2ccccc2)cc1.c1ccc([PH+](c2ccccc2)c2ccccc2)cc1. The van der Waals surface area contributed by atoms with Gasteiger partial charge in [0.2, 0.25) is 0 Å². The Kier molecular flexibility index (Phi) is 33.9. The first-order valence-corrected chi connectivity index (χ1v) is 30.2. The van der Waals surface area contributed by atoms with Gasteiger partial charge in [-0.15, -0.1) is 23.2 Å². The van der Waals surface area contributed by atoms with E-state index in [1.807, 2.05) is 54.6 Å². The summed E-state index contributed by atoms with van der Waals surface area (Å²) in [6, 6.07) is 80.5. The molecule has 8 aromatic carbocycles. The van der Waals surface area contributed by atoms with Crippen molar-refractivity contribution in [3.05, 3.63) is 272 Å². The van der Waals surface area contributed by atoms with Crippen molar-refractivity contribution in [1.82, 2.24) is 0 Å². The van der Waals surface area contributed by atoms with Crippen molar-refractivity contribution in [2.75, 3.05) is 7.11 Å². The molecule has 346 valence electrons. The molecule has 0 unspecified atom stereocenters. The van der Waals surface area contributed by atoms with Crippen LogP contribution in [0.4, 0.5) is 0 Å². The summed E-state index contributed by atoms with van der Waals surface area (Å²) in [4.78, 5) is 0. The van der Waals surface area contributed by atoms with Crippen molar-refractivity contribution >= 4 is 77.1 Å². The van der Waals surface area contributed by atoms with Crippen molar-refractivity contribution < 1.29 is 77.0 Å². The summed E-state index contributed by atoms with van der Waals surface area (Å²) < 4.78 is 0. The second-order valence-electron chi connectivity index (χ2n) is 15.1. The summed E-state index contributed by atoms with van der Waals surface area (Å²) in [5.41, 5.74) is 7.44. The van der Waals surface area contributed by atoms with Gasteiger partial charge in [0, 0.05) is 5.56 Å². The van der Waals surface area contributed by atoms with Gasteiger partial charge in [-0.05, 0) is 83.5 Å². The van der Waals surface area contributed by atoms with Gasteiger partial charge < -0.3 is 11.5 Å². The third kappa shape index (κ3) is 23.2. The van der Waals surface area contributed by atoms with Crippen molar-refractivity contribution in [2.45, 2.75) is 19.6 Å². The standard InChI is InChI=1S/2C18H15P.C13H16Si.C10H7.CH3O.2Au.ClH.Na/c2*1-4-10-16(11-5-1)19(17-12-6-2-7-13-17)18-14-8-3-9-15-18;1-5-12-6-8-13(9-7-12)10-11-14(2,3)4;1-3-9-5-7-10(4-2)8-6-9;1-2;;;;/h2*1-15H;5-9H,1H2,2-4H3;3,5-8H,1H2;1H3;;;1H;/q;;;2*-1;2*+1;;+1.